The molecule has 0 amide bonds. The molecule has 172 valence electrons. The van der Waals surface area contributed by atoms with Gasteiger partial charge < -0.3 is 19.9 Å². The summed E-state index contributed by atoms with van der Waals surface area (Å²) >= 11 is 6.26. The summed E-state index contributed by atoms with van der Waals surface area (Å²) in [4.78, 5) is 26.3. The number of phenolic OH excluding ortho intramolecular Hbond substituents is 1. The average molecular weight is 468 g/mol. The van der Waals surface area contributed by atoms with Crippen LogP contribution in [0, 0.1) is 0 Å². The van der Waals surface area contributed by atoms with E-state index in [1.807, 2.05) is 37.3 Å². The first-order valence-electron chi connectivity index (χ1n) is 10.9. The quantitative estimate of drug-likeness (QED) is 0.593. The van der Waals surface area contributed by atoms with Crippen LogP contribution in [-0.2, 0) is 20.7 Å². The Morgan fingerprint density at radius 1 is 1.21 bits per heavy atom. The summed E-state index contributed by atoms with van der Waals surface area (Å²) < 4.78 is 10.9. The lowest BCUT2D eigenvalue weighted by atomic mass is 9.75. The fraction of sp³-hybridized carbons (Fsp3) is 0.308. The Morgan fingerprint density at radius 2 is 1.97 bits per heavy atom. The molecule has 0 fully saturated rings. The fourth-order valence-corrected chi connectivity index (χ4v) is 4.71. The van der Waals surface area contributed by atoms with Crippen molar-refractivity contribution >= 4 is 23.4 Å². The minimum Gasteiger partial charge on any atom is -0.503 e. The van der Waals surface area contributed by atoms with Gasteiger partial charge in [0.15, 0.2) is 17.3 Å². The zero-order chi connectivity index (χ0) is 23.5. The number of benzene rings is 2. The number of phenols is 1. The number of hydrogen-bond acceptors (Lipinski definition) is 6. The molecule has 0 aromatic heterocycles. The molecule has 7 heteroatoms. The summed E-state index contributed by atoms with van der Waals surface area (Å²) in [5, 5.41) is 13.6. The highest BCUT2D eigenvalue weighted by atomic mass is 35.5. The van der Waals surface area contributed by atoms with E-state index < -0.39 is 11.9 Å². The van der Waals surface area contributed by atoms with Gasteiger partial charge in [-0.3, -0.25) is 4.79 Å². The van der Waals surface area contributed by atoms with Crippen molar-refractivity contribution in [3.63, 3.8) is 0 Å². The minimum absolute atomic E-state index is 0.0148. The molecule has 0 saturated carbocycles. The molecule has 0 bridgehead atoms. The number of nitrogens with one attached hydrogen (secondary N) is 1. The van der Waals surface area contributed by atoms with Crippen molar-refractivity contribution in [2.75, 3.05) is 13.7 Å². The molecule has 2 aromatic carbocycles. The number of hydrogen-bond donors (Lipinski definition) is 2. The number of dihydropyridines is 1. The summed E-state index contributed by atoms with van der Waals surface area (Å²) in [6, 6.07) is 13.0. The van der Waals surface area contributed by atoms with Crippen LogP contribution in [0.25, 0.3) is 0 Å². The molecular weight excluding hydrogens is 442 g/mol. The largest absolute Gasteiger partial charge is 0.503 e. The molecule has 1 aliphatic heterocycles. The number of halogens is 1. The molecule has 0 saturated heterocycles. The standard InChI is InChI=1S/C26H26ClNO5/c1-15-22(26(31)33-12-11-16-7-4-3-5-8-16)23(24-19(28-15)9-6-10-20(24)29)17-13-18(27)25(30)21(14-17)32-2/h3-5,7-8,13-14,23,28,30H,6,9-12H2,1-2H3. The van der Waals surface area contributed by atoms with Gasteiger partial charge in [-0.2, -0.15) is 0 Å². The number of methoxy groups -OCH3 is 1. The molecule has 0 radical (unpaired) electrons. The van der Waals surface area contributed by atoms with Gasteiger partial charge >= 0.3 is 5.97 Å². The van der Waals surface area contributed by atoms with Crippen LogP contribution in [0.15, 0.2) is 65.0 Å². The topological polar surface area (TPSA) is 84.9 Å². The van der Waals surface area contributed by atoms with Crippen LogP contribution in [0.2, 0.25) is 5.02 Å². The van der Waals surface area contributed by atoms with Crippen molar-refractivity contribution in [1.82, 2.24) is 5.32 Å². The number of carbonyl (C=O) groups is 2. The first-order chi connectivity index (χ1) is 15.9. The number of carbonyl (C=O) groups excluding carboxylic acids is 2. The maximum Gasteiger partial charge on any atom is 0.336 e. The van der Waals surface area contributed by atoms with E-state index in [0.717, 1.165) is 17.7 Å². The second-order valence-corrected chi connectivity index (χ2v) is 8.60. The number of ketones is 1. The van der Waals surface area contributed by atoms with Gasteiger partial charge in [0.2, 0.25) is 0 Å². The third-order valence-electron chi connectivity index (χ3n) is 6.07. The maximum absolute atomic E-state index is 13.3. The summed E-state index contributed by atoms with van der Waals surface area (Å²) in [5.41, 5.74) is 4.02. The number of ether oxygens (including phenoxy) is 2. The van der Waals surface area contributed by atoms with Crippen LogP contribution in [-0.4, -0.2) is 30.6 Å². The van der Waals surface area contributed by atoms with E-state index in [-0.39, 0.29) is 28.9 Å². The van der Waals surface area contributed by atoms with Crippen molar-refractivity contribution in [2.45, 2.75) is 38.5 Å². The van der Waals surface area contributed by atoms with E-state index in [1.54, 1.807) is 12.1 Å². The van der Waals surface area contributed by atoms with Gasteiger partial charge in [-0.1, -0.05) is 41.9 Å². The summed E-state index contributed by atoms with van der Waals surface area (Å²) in [5.74, 6) is -1.18. The number of Topliss-reactive ketones (excluding diaryl/α,β-unsaturated/α-hetero) is 1. The van der Waals surface area contributed by atoms with E-state index in [4.69, 9.17) is 21.1 Å². The average Bonchev–Trinajstić information content (AvgIpc) is 2.80. The van der Waals surface area contributed by atoms with Crippen molar-refractivity contribution in [2.24, 2.45) is 0 Å². The lowest BCUT2D eigenvalue weighted by Crippen LogP contribution is -2.34. The Balaban J connectivity index is 1.70. The van der Waals surface area contributed by atoms with Gasteiger partial charge in [0.05, 0.1) is 24.3 Å². The van der Waals surface area contributed by atoms with Crippen molar-refractivity contribution in [1.29, 1.82) is 0 Å². The molecule has 6 nitrogen and oxygen atoms in total. The van der Waals surface area contributed by atoms with Crippen LogP contribution in [0.1, 0.15) is 43.2 Å². The summed E-state index contributed by atoms with van der Waals surface area (Å²) in [6.45, 7) is 2.02. The Kier molecular flexibility index (Phi) is 6.75. The molecule has 1 atom stereocenters. The Hall–Kier alpha value is -3.25. The van der Waals surface area contributed by atoms with Crippen LogP contribution in [0.3, 0.4) is 0 Å². The molecule has 4 rings (SSSR count). The normalized spacial score (nSPS) is 18.0. The second kappa shape index (κ2) is 9.71. The van der Waals surface area contributed by atoms with Gasteiger partial charge in [0.25, 0.3) is 0 Å². The van der Waals surface area contributed by atoms with E-state index in [2.05, 4.69) is 5.32 Å². The predicted octanol–water partition coefficient (Wildman–Crippen LogP) is 4.81. The first kappa shape index (κ1) is 22.9. The Labute approximate surface area is 197 Å². The van der Waals surface area contributed by atoms with Crippen LogP contribution < -0.4 is 10.1 Å². The molecule has 2 aromatic rings. The maximum atomic E-state index is 13.3. The molecule has 33 heavy (non-hydrogen) atoms. The minimum atomic E-state index is -0.662. The van der Waals surface area contributed by atoms with E-state index >= 15 is 0 Å². The van der Waals surface area contributed by atoms with Crippen LogP contribution >= 0.6 is 11.6 Å². The summed E-state index contributed by atoms with van der Waals surface area (Å²) in [7, 11) is 1.42. The highest BCUT2D eigenvalue weighted by Gasteiger charge is 2.39. The number of esters is 1. The molecular formula is C26H26ClNO5. The molecule has 1 aliphatic carbocycles. The molecule has 1 heterocycles. The highest BCUT2D eigenvalue weighted by molar-refractivity contribution is 6.32. The smallest absolute Gasteiger partial charge is 0.336 e. The van der Waals surface area contributed by atoms with Gasteiger partial charge in [-0.15, -0.1) is 0 Å². The third-order valence-corrected chi connectivity index (χ3v) is 6.35. The Morgan fingerprint density at radius 3 is 2.70 bits per heavy atom. The zero-order valence-electron chi connectivity index (χ0n) is 18.6. The van der Waals surface area contributed by atoms with Gasteiger partial charge in [-0.05, 0) is 43.0 Å². The second-order valence-electron chi connectivity index (χ2n) is 8.19. The fourth-order valence-electron chi connectivity index (χ4n) is 4.49. The highest BCUT2D eigenvalue weighted by Crippen LogP contribution is 2.46. The van der Waals surface area contributed by atoms with Crippen LogP contribution in [0.5, 0.6) is 11.5 Å². The van der Waals surface area contributed by atoms with Crippen molar-refractivity contribution < 1.29 is 24.2 Å². The molecule has 0 spiro atoms. The molecule has 2 aliphatic rings. The number of aromatic hydroxyl groups is 1. The van der Waals surface area contributed by atoms with Gasteiger partial charge in [0, 0.05) is 35.7 Å². The molecule has 1 unspecified atom stereocenters. The number of allylic oxidation sites excluding steroid dienone is 3. The SMILES string of the molecule is COc1cc(C2C(C(=O)OCCc3ccccc3)=C(C)NC3=C2C(=O)CCC3)cc(Cl)c1O. The van der Waals surface area contributed by atoms with Gasteiger partial charge in [0.1, 0.15) is 0 Å². The van der Waals surface area contributed by atoms with Crippen molar-refractivity contribution in [3.05, 3.63) is 81.2 Å². The third kappa shape index (κ3) is 4.62. The van der Waals surface area contributed by atoms with E-state index in [9.17, 15) is 14.7 Å². The lowest BCUT2D eigenvalue weighted by molar-refractivity contribution is -0.139. The van der Waals surface area contributed by atoms with Gasteiger partial charge in [-0.25, -0.2) is 4.79 Å². The first-order valence-corrected chi connectivity index (χ1v) is 11.3. The van der Waals surface area contributed by atoms with Crippen molar-refractivity contribution in [3.8, 4) is 11.5 Å². The predicted molar refractivity (Wildman–Crippen MR) is 125 cm³/mol. The lowest BCUT2D eigenvalue weighted by Gasteiger charge is -2.34. The van der Waals surface area contributed by atoms with Crippen LogP contribution in [0.4, 0.5) is 0 Å². The Bertz CT molecular complexity index is 1150. The number of rotatable bonds is 6. The zero-order valence-corrected chi connectivity index (χ0v) is 19.4. The summed E-state index contributed by atoms with van der Waals surface area (Å²) in [6.07, 6.45) is 2.47. The molecule has 2 N–H and O–H groups in total. The monoisotopic (exact) mass is 467 g/mol. The van der Waals surface area contributed by atoms with E-state index in [0.29, 0.717) is 41.7 Å². The van der Waals surface area contributed by atoms with E-state index in [1.165, 1.54) is 7.11 Å².